The van der Waals surface area contributed by atoms with E-state index in [2.05, 4.69) is 6.92 Å². The summed E-state index contributed by atoms with van der Waals surface area (Å²) in [5.74, 6) is 0.727. The van der Waals surface area contributed by atoms with Crippen LogP contribution >= 0.6 is 0 Å². The van der Waals surface area contributed by atoms with Crippen LogP contribution in [0.15, 0.2) is 0 Å². The van der Waals surface area contributed by atoms with Gasteiger partial charge in [-0.1, -0.05) is 0 Å². The van der Waals surface area contributed by atoms with Gasteiger partial charge in [-0.25, -0.2) is 0 Å². The molecule has 2 nitrogen and oxygen atoms in total. The quantitative estimate of drug-likeness (QED) is 0.712. The largest absolute Gasteiger partial charge is 0.393 e. The molecule has 1 N–H and O–H groups in total. The van der Waals surface area contributed by atoms with Gasteiger partial charge >= 0.3 is 0 Å². The van der Waals surface area contributed by atoms with Crippen molar-refractivity contribution in [3.8, 4) is 0 Å². The van der Waals surface area contributed by atoms with E-state index in [-0.39, 0.29) is 6.10 Å². The van der Waals surface area contributed by atoms with Crippen molar-refractivity contribution in [1.29, 1.82) is 0 Å². The van der Waals surface area contributed by atoms with Crippen LogP contribution in [0.5, 0.6) is 0 Å². The Morgan fingerprint density at radius 2 is 2.08 bits per heavy atom. The zero-order valence-corrected chi connectivity index (χ0v) is 8.41. The van der Waals surface area contributed by atoms with Crippen LogP contribution in [0, 0.1) is 5.92 Å². The molecule has 0 amide bonds. The van der Waals surface area contributed by atoms with E-state index < -0.39 is 0 Å². The summed E-state index contributed by atoms with van der Waals surface area (Å²) in [6.45, 7) is 2.16. The summed E-state index contributed by atoms with van der Waals surface area (Å²) in [5, 5.41) is 9.38. The van der Waals surface area contributed by atoms with Gasteiger partial charge < -0.3 is 9.84 Å². The van der Waals surface area contributed by atoms with Crippen molar-refractivity contribution in [1.82, 2.24) is 0 Å². The van der Waals surface area contributed by atoms with Gasteiger partial charge in [-0.15, -0.1) is 0 Å². The highest BCUT2D eigenvalue weighted by Gasteiger charge is 2.29. The van der Waals surface area contributed by atoms with Gasteiger partial charge in [0.15, 0.2) is 0 Å². The highest BCUT2D eigenvalue weighted by Crippen LogP contribution is 2.33. The molecule has 76 valence electrons. The second kappa shape index (κ2) is 3.97. The third-order valence-electron chi connectivity index (χ3n) is 3.43. The first-order valence-corrected chi connectivity index (χ1v) is 5.57. The summed E-state index contributed by atoms with van der Waals surface area (Å²) >= 11 is 0. The summed E-state index contributed by atoms with van der Waals surface area (Å²) in [6, 6.07) is 0. The fourth-order valence-electron chi connectivity index (χ4n) is 2.69. The lowest BCUT2D eigenvalue weighted by atomic mass is 9.98. The van der Waals surface area contributed by atoms with Gasteiger partial charge in [-0.3, -0.25) is 0 Å². The lowest BCUT2D eigenvalue weighted by Crippen LogP contribution is -2.13. The molecule has 0 aromatic carbocycles. The normalized spacial score (nSPS) is 45.7. The lowest BCUT2D eigenvalue weighted by Gasteiger charge is -2.15. The van der Waals surface area contributed by atoms with Crippen LogP contribution in [0.3, 0.4) is 0 Å². The number of hydrogen-bond acceptors (Lipinski definition) is 2. The Bertz CT molecular complexity index is 151. The molecular formula is C11H20O2. The Kier molecular flexibility index (Phi) is 2.89. The van der Waals surface area contributed by atoms with Crippen molar-refractivity contribution in [3.63, 3.8) is 0 Å². The van der Waals surface area contributed by atoms with Crippen LogP contribution in [-0.2, 0) is 4.74 Å². The van der Waals surface area contributed by atoms with Gasteiger partial charge in [0.1, 0.15) is 0 Å². The van der Waals surface area contributed by atoms with Gasteiger partial charge in [0, 0.05) is 0 Å². The monoisotopic (exact) mass is 184 g/mol. The third-order valence-corrected chi connectivity index (χ3v) is 3.43. The Balaban J connectivity index is 1.72. The van der Waals surface area contributed by atoms with Crippen LogP contribution in [0.2, 0.25) is 0 Å². The fourth-order valence-corrected chi connectivity index (χ4v) is 2.69. The highest BCUT2D eigenvalue weighted by atomic mass is 16.5. The molecule has 0 bridgehead atoms. The fraction of sp³-hybridized carbons (Fsp3) is 1.00. The summed E-state index contributed by atoms with van der Waals surface area (Å²) in [6.07, 6.45) is 7.79. The van der Waals surface area contributed by atoms with Crippen LogP contribution in [0.1, 0.15) is 45.4 Å². The molecule has 2 fully saturated rings. The smallest absolute Gasteiger partial charge is 0.0582 e. The zero-order valence-electron chi connectivity index (χ0n) is 8.41. The van der Waals surface area contributed by atoms with Gasteiger partial charge in [0.2, 0.25) is 0 Å². The Hall–Kier alpha value is -0.0800. The number of hydrogen-bond donors (Lipinski definition) is 1. The van der Waals surface area contributed by atoms with E-state index in [1.54, 1.807) is 0 Å². The van der Waals surface area contributed by atoms with Crippen molar-refractivity contribution in [2.24, 2.45) is 5.92 Å². The minimum atomic E-state index is -0.0242. The van der Waals surface area contributed by atoms with E-state index in [0.29, 0.717) is 12.2 Å². The van der Waals surface area contributed by atoms with E-state index in [9.17, 15) is 5.11 Å². The maximum atomic E-state index is 9.38. The molecule has 1 saturated heterocycles. The van der Waals surface area contributed by atoms with Gasteiger partial charge in [-0.05, 0) is 51.4 Å². The van der Waals surface area contributed by atoms with Crippen LogP contribution in [0.25, 0.3) is 0 Å². The van der Waals surface area contributed by atoms with E-state index in [1.807, 2.05) is 0 Å². The molecule has 0 aromatic rings. The van der Waals surface area contributed by atoms with Crippen molar-refractivity contribution in [3.05, 3.63) is 0 Å². The first-order chi connectivity index (χ1) is 6.24. The molecule has 4 atom stereocenters. The highest BCUT2D eigenvalue weighted by molar-refractivity contribution is 4.80. The minimum absolute atomic E-state index is 0.0242. The van der Waals surface area contributed by atoms with E-state index in [0.717, 1.165) is 18.8 Å². The maximum absolute atomic E-state index is 9.38. The first kappa shape index (κ1) is 9.47. The summed E-state index contributed by atoms with van der Waals surface area (Å²) in [4.78, 5) is 0. The molecule has 2 rings (SSSR count). The molecule has 0 spiro atoms. The second-order valence-corrected chi connectivity index (χ2v) is 4.71. The van der Waals surface area contributed by atoms with E-state index >= 15 is 0 Å². The molecule has 0 aromatic heterocycles. The molecule has 1 aliphatic heterocycles. The van der Waals surface area contributed by atoms with Gasteiger partial charge in [0.05, 0.1) is 18.3 Å². The molecule has 4 unspecified atom stereocenters. The number of ether oxygens (including phenoxy) is 1. The third kappa shape index (κ3) is 2.44. The molecule has 1 saturated carbocycles. The zero-order chi connectivity index (χ0) is 9.26. The summed E-state index contributed by atoms with van der Waals surface area (Å²) in [5.41, 5.74) is 0. The molecular weight excluding hydrogens is 164 g/mol. The number of rotatable bonds is 2. The topological polar surface area (TPSA) is 29.5 Å². The summed E-state index contributed by atoms with van der Waals surface area (Å²) in [7, 11) is 0. The molecule has 2 heteroatoms. The number of aliphatic hydroxyl groups is 1. The second-order valence-electron chi connectivity index (χ2n) is 4.71. The molecule has 1 aliphatic carbocycles. The van der Waals surface area contributed by atoms with Gasteiger partial charge in [-0.2, -0.15) is 0 Å². The molecule has 2 aliphatic rings. The average molecular weight is 184 g/mol. The number of aliphatic hydroxyl groups excluding tert-OH is 1. The predicted octanol–water partition coefficient (Wildman–Crippen LogP) is 2.11. The molecule has 1 heterocycles. The molecule has 0 radical (unpaired) electrons. The predicted molar refractivity (Wildman–Crippen MR) is 51.5 cm³/mol. The van der Waals surface area contributed by atoms with Crippen molar-refractivity contribution < 1.29 is 9.84 Å². The standard InChI is InChI=1S/C11H20O2/c1-8-2-5-11(13-8)7-9-3-4-10(12)6-9/h8-12H,2-7H2,1H3. The average Bonchev–Trinajstić information content (AvgIpc) is 2.62. The van der Waals surface area contributed by atoms with Crippen molar-refractivity contribution >= 4 is 0 Å². The molecule has 13 heavy (non-hydrogen) atoms. The van der Waals surface area contributed by atoms with Crippen LogP contribution in [0.4, 0.5) is 0 Å². The summed E-state index contributed by atoms with van der Waals surface area (Å²) < 4.78 is 5.78. The Labute approximate surface area is 80.3 Å². The first-order valence-electron chi connectivity index (χ1n) is 5.57. The van der Waals surface area contributed by atoms with E-state index in [1.165, 1.54) is 25.7 Å². The van der Waals surface area contributed by atoms with Crippen molar-refractivity contribution in [2.75, 3.05) is 0 Å². The van der Waals surface area contributed by atoms with Crippen LogP contribution in [-0.4, -0.2) is 23.4 Å². The van der Waals surface area contributed by atoms with E-state index in [4.69, 9.17) is 4.74 Å². The van der Waals surface area contributed by atoms with Crippen molar-refractivity contribution in [2.45, 2.75) is 63.8 Å². The minimum Gasteiger partial charge on any atom is -0.393 e. The Morgan fingerprint density at radius 3 is 2.62 bits per heavy atom. The maximum Gasteiger partial charge on any atom is 0.0582 e. The SMILES string of the molecule is CC1CCC(CC2CCC(O)C2)O1. The van der Waals surface area contributed by atoms with Gasteiger partial charge in [0.25, 0.3) is 0 Å². The Morgan fingerprint density at radius 1 is 1.23 bits per heavy atom. The lowest BCUT2D eigenvalue weighted by molar-refractivity contribution is 0.0400. The van der Waals surface area contributed by atoms with Crippen LogP contribution < -0.4 is 0 Å².